The number of rotatable bonds is 2. The number of hydrogen-bond donors (Lipinski definition) is 2. The van der Waals surface area contributed by atoms with E-state index in [0.717, 1.165) is 31.2 Å². The molecule has 19 heavy (non-hydrogen) atoms. The third kappa shape index (κ3) is 3.39. The first-order valence-corrected chi connectivity index (χ1v) is 6.17. The summed E-state index contributed by atoms with van der Waals surface area (Å²) in [4.78, 5) is 11.8. The quantitative estimate of drug-likeness (QED) is 0.879. The SMILES string of the molecule is O=C(Nc1cc(C(F)(F)F)ccc1Cl)C1CCCN1. The highest BCUT2D eigenvalue weighted by Crippen LogP contribution is 2.33. The fraction of sp³-hybridized carbons (Fsp3) is 0.417. The Kier molecular flexibility index (Phi) is 4.01. The Morgan fingerprint density at radius 2 is 2.16 bits per heavy atom. The normalized spacial score (nSPS) is 19.5. The minimum absolute atomic E-state index is 0.0183. The fourth-order valence-electron chi connectivity index (χ4n) is 1.93. The highest BCUT2D eigenvalue weighted by Gasteiger charge is 2.31. The van der Waals surface area contributed by atoms with Gasteiger partial charge >= 0.3 is 6.18 Å². The van der Waals surface area contributed by atoms with Crippen LogP contribution in [0.4, 0.5) is 18.9 Å². The summed E-state index contributed by atoms with van der Waals surface area (Å²) < 4.78 is 37.7. The standard InChI is InChI=1S/C12H12ClF3N2O/c13-8-4-3-7(12(14,15)16)6-10(8)18-11(19)9-2-1-5-17-9/h3-4,6,9,17H,1-2,5H2,(H,18,19). The molecule has 1 aromatic carbocycles. The molecule has 1 aliphatic heterocycles. The van der Waals surface area contributed by atoms with Crippen molar-refractivity contribution in [2.45, 2.75) is 25.1 Å². The van der Waals surface area contributed by atoms with Crippen LogP contribution in [0.5, 0.6) is 0 Å². The molecule has 7 heteroatoms. The maximum Gasteiger partial charge on any atom is 0.416 e. The largest absolute Gasteiger partial charge is 0.416 e. The van der Waals surface area contributed by atoms with Gasteiger partial charge in [0.2, 0.25) is 5.91 Å². The van der Waals surface area contributed by atoms with E-state index in [4.69, 9.17) is 11.6 Å². The van der Waals surface area contributed by atoms with Gasteiger partial charge in [-0.3, -0.25) is 4.79 Å². The number of benzene rings is 1. The van der Waals surface area contributed by atoms with Gasteiger partial charge in [-0.2, -0.15) is 13.2 Å². The summed E-state index contributed by atoms with van der Waals surface area (Å²) in [6.45, 7) is 0.731. The molecule has 1 saturated heterocycles. The molecule has 2 rings (SSSR count). The molecule has 3 nitrogen and oxygen atoms in total. The Bertz CT molecular complexity index is 484. The van der Waals surface area contributed by atoms with Crippen molar-refractivity contribution in [1.82, 2.24) is 5.32 Å². The van der Waals surface area contributed by atoms with Gasteiger partial charge < -0.3 is 10.6 Å². The topological polar surface area (TPSA) is 41.1 Å². The minimum atomic E-state index is -4.46. The van der Waals surface area contributed by atoms with Crippen molar-refractivity contribution in [3.05, 3.63) is 28.8 Å². The summed E-state index contributed by atoms with van der Waals surface area (Å²) in [5.74, 6) is -0.362. The third-order valence-corrected chi connectivity index (χ3v) is 3.26. The molecular weight excluding hydrogens is 281 g/mol. The van der Waals surface area contributed by atoms with Crippen LogP contribution >= 0.6 is 11.6 Å². The lowest BCUT2D eigenvalue weighted by molar-refractivity contribution is -0.137. The zero-order valence-corrected chi connectivity index (χ0v) is 10.6. The van der Waals surface area contributed by atoms with Crippen LogP contribution in [0.2, 0.25) is 5.02 Å². The molecule has 0 aromatic heterocycles. The van der Waals surface area contributed by atoms with Crippen LogP contribution < -0.4 is 10.6 Å². The maximum atomic E-state index is 12.6. The van der Waals surface area contributed by atoms with Crippen molar-refractivity contribution in [3.8, 4) is 0 Å². The lowest BCUT2D eigenvalue weighted by Crippen LogP contribution is -2.35. The van der Waals surface area contributed by atoms with Gasteiger partial charge in [-0.1, -0.05) is 11.6 Å². The summed E-state index contributed by atoms with van der Waals surface area (Å²) in [7, 11) is 0. The van der Waals surface area contributed by atoms with Crippen molar-refractivity contribution >= 4 is 23.2 Å². The molecule has 1 aliphatic rings. The van der Waals surface area contributed by atoms with Crippen LogP contribution in [-0.4, -0.2) is 18.5 Å². The van der Waals surface area contributed by atoms with E-state index in [2.05, 4.69) is 10.6 Å². The predicted octanol–water partition coefficient (Wildman–Crippen LogP) is 3.05. The average molecular weight is 293 g/mol. The van der Waals surface area contributed by atoms with E-state index in [9.17, 15) is 18.0 Å². The summed E-state index contributed by atoms with van der Waals surface area (Å²) >= 11 is 5.79. The van der Waals surface area contributed by atoms with E-state index in [1.165, 1.54) is 0 Å². The predicted molar refractivity (Wildman–Crippen MR) is 66.1 cm³/mol. The first-order valence-electron chi connectivity index (χ1n) is 5.79. The molecule has 2 N–H and O–H groups in total. The summed E-state index contributed by atoms with van der Waals surface area (Å²) in [5.41, 5.74) is -0.859. The minimum Gasteiger partial charge on any atom is -0.323 e. The number of carbonyl (C=O) groups excluding carboxylic acids is 1. The molecule has 0 spiro atoms. The second-order valence-electron chi connectivity index (χ2n) is 4.33. The smallest absolute Gasteiger partial charge is 0.323 e. The first kappa shape index (κ1) is 14.1. The monoisotopic (exact) mass is 292 g/mol. The number of nitrogens with one attached hydrogen (secondary N) is 2. The molecule has 0 bridgehead atoms. The van der Waals surface area contributed by atoms with E-state index in [0.29, 0.717) is 6.42 Å². The number of anilines is 1. The van der Waals surface area contributed by atoms with Gasteiger partial charge in [0.1, 0.15) is 0 Å². The Morgan fingerprint density at radius 3 is 2.74 bits per heavy atom. The van der Waals surface area contributed by atoms with Crippen LogP contribution in [0.1, 0.15) is 18.4 Å². The van der Waals surface area contributed by atoms with Gasteiger partial charge in [0.25, 0.3) is 0 Å². The van der Waals surface area contributed by atoms with Crippen molar-refractivity contribution in [1.29, 1.82) is 0 Å². The number of carbonyl (C=O) groups is 1. The van der Waals surface area contributed by atoms with E-state index >= 15 is 0 Å². The Morgan fingerprint density at radius 1 is 1.42 bits per heavy atom. The average Bonchev–Trinajstić information content (AvgIpc) is 2.84. The van der Waals surface area contributed by atoms with E-state index in [1.807, 2.05) is 0 Å². The van der Waals surface area contributed by atoms with Crippen molar-refractivity contribution in [2.75, 3.05) is 11.9 Å². The highest BCUT2D eigenvalue weighted by molar-refractivity contribution is 6.33. The lowest BCUT2D eigenvalue weighted by Gasteiger charge is -2.14. The molecule has 1 amide bonds. The van der Waals surface area contributed by atoms with Crippen molar-refractivity contribution < 1.29 is 18.0 Å². The van der Waals surface area contributed by atoms with Gasteiger partial charge in [-0.25, -0.2) is 0 Å². The third-order valence-electron chi connectivity index (χ3n) is 2.93. The summed E-state index contributed by atoms with van der Waals surface area (Å²) in [5, 5.41) is 5.48. The maximum absolute atomic E-state index is 12.6. The van der Waals surface area contributed by atoms with Crippen molar-refractivity contribution in [3.63, 3.8) is 0 Å². The van der Waals surface area contributed by atoms with Gasteiger partial charge in [-0.15, -0.1) is 0 Å². The van der Waals surface area contributed by atoms with Gasteiger partial charge in [0.05, 0.1) is 22.3 Å². The Labute approximate surface area is 113 Å². The van der Waals surface area contributed by atoms with Gasteiger partial charge in [0, 0.05) is 0 Å². The number of amides is 1. The second-order valence-corrected chi connectivity index (χ2v) is 4.74. The summed E-state index contributed by atoms with van der Waals surface area (Å²) in [6.07, 6.45) is -2.92. The Balaban J connectivity index is 2.17. The molecule has 1 atom stereocenters. The highest BCUT2D eigenvalue weighted by atomic mass is 35.5. The van der Waals surface area contributed by atoms with E-state index < -0.39 is 11.7 Å². The van der Waals surface area contributed by atoms with E-state index in [1.54, 1.807) is 0 Å². The van der Waals surface area contributed by atoms with Gasteiger partial charge in [0.15, 0.2) is 0 Å². The molecule has 1 fully saturated rings. The van der Waals surface area contributed by atoms with Crippen LogP contribution in [0.15, 0.2) is 18.2 Å². The Hall–Kier alpha value is -1.27. The zero-order valence-electron chi connectivity index (χ0n) is 9.85. The van der Waals surface area contributed by atoms with Crippen LogP contribution in [0, 0.1) is 0 Å². The molecular formula is C12H12ClF3N2O. The zero-order chi connectivity index (χ0) is 14.0. The second kappa shape index (κ2) is 5.38. The number of halogens is 4. The first-order chi connectivity index (χ1) is 8.88. The van der Waals surface area contributed by atoms with E-state index in [-0.39, 0.29) is 22.7 Å². The molecule has 0 radical (unpaired) electrons. The summed E-state index contributed by atoms with van der Waals surface area (Å²) in [6, 6.07) is 2.48. The molecule has 0 aliphatic carbocycles. The molecule has 1 unspecified atom stereocenters. The fourth-order valence-corrected chi connectivity index (χ4v) is 2.09. The van der Waals surface area contributed by atoms with Crippen LogP contribution in [-0.2, 0) is 11.0 Å². The number of hydrogen-bond acceptors (Lipinski definition) is 2. The lowest BCUT2D eigenvalue weighted by atomic mass is 10.1. The molecule has 1 heterocycles. The number of alkyl halides is 3. The van der Waals surface area contributed by atoms with Crippen LogP contribution in [0.3, 0.4) is 0 Å². The molecule has 0 saturated carbocycles. The molecule has 1 aromatic rings. The molecule has 104 valence electrons. The van der Waals surface area contributed by atoms with Crippen molar-refractivity contribution in [2.24, 2.45) is 0 Å². The van der Waals surface area contributed by atoms with Crippen LogP contribution in [0.25, 0.3) is 0 Å². The van der Waals surface area contributed by atoms with Gasteiger partial charge in [-0.05, 0) is 37.6 Å².